The van der Waals surface area contributed by atoms with Gasteiger partial charge in [0.25, 0.3) is 5.91 Å². The Hall–Kier alpha value is -2.68. The summed E-state index contributed by atoms with van der Waals surface area (Å²) >= 11 is 3.28. The molecule has 0 spiro atoms. The summed E-state index contributed by atoms with van der Waals surface area (Å²) in [6, 6.07) is 4.96. The van der Waals surface area contributed by atoms with Crippen LogP contribution >= 0.6 is 15.9 Å². The fourth-order valence-corrected chi connectivity index (χ4v) is 1.74. The predicted molar refractivity (Wildman–Crippen MR) is 87.8 cm³/mol. The van der Waals surface area contributed by atoms with Gasteiger partial charge in [-0.25, -0.2) is 5.43 Å². The summed E-state index contributed by atoms with van der Waals surface area (Å²) in [5.41, 5.74) is 7.57. The lowest BCUT2D eigenvalue weighted by Crippen LogP contribution is -2.37. The summed E-state index contributed by atoms with van der Waals surface area (Å²) in [6.45, 7) is 3.29. The van der Waals surface area contributed by atoms with E-state index in [9.17, 15) is 14.4 Å². The number of primary amides is 1. The van der Waals surface area contributed by atoms with E-state index in [1.807, 2.05) is 0 Å². The van der Waals surface area contributed by atoms with Gasteiger partial charge in [0, 0.05) is 16.6 Å². The fourth-order valence-electron chi connectivity index (χ4n) is 1.36. The zero-order chi connectivity index (χ0) is 17.2. The van der Waals surface area contributed by atoms with E-state index in [1.54, 1.807) is 18.2 Å². The van der Waals surface area contributed by atoms with Crippen molar-refractivity contribution in [3.63, 3.8) is 0 Å². The normalized spacial score (nSPS) is 10.1. The van der Waals surface area contributed by atoms with Gasteiger partial charge in [-0.05, 0) is 18.2 Å². The number of nitrogens with two attached hydrogens (primary N) is 1. The standard InChI is InChI=1S/C14H15BrN4O4/c1-2-5-17-13(21)14(22)19-18-7-9-6-10(15)3-4-11(9)23-8-12(16)20/h2-4,6-7H,1,5,8H2,(H2,16,20)(H,17,21)(H,19,22)/b18-7-. The van der Waals surface area contributed by atoms with Crippen molar-refractivity contribution in [2.75, 3.05) is 13.2 Å². The largest absolute Gasteiger partial charge is 0.483 e. The smallest absolute Gasteiger partial charge is 0.329 e. The van der Waals surface area contributed by atoms with Crippen LogP contribution in [-0.2, 0) is 14.4 Å². The van der Waals surface area contributed by atoms with Crippen molar-refractivity contribution in [3.8, 4) is 5.75 Å². The van der Waals surface area contributed by atoms with Crippen molar-refractivity contribution in [2.45, 2.75) is 0 Å². The summed E-state index contributed by atoms with van der Waals surface area (Å²) in [7, 11) is 0. The molecule has 0 aliphatic rings. The first-order valence-corrected chi connectivity index (χ1v) is 7.16. The molecule has 8 nitrogen and oxygen atoms in total. The predicted octanol–water partition coefficient (Wildman–Crippen LogP) is 0.0655. The highest BCUT2D eigenvalue weighted by molar-refractivity contribution is 9.10. The Morgan fingerprint density at radius 3 is 2.74 bits per heavy atom. The molecule has 0 heterocycles. The Labute approximate surface area is 140 Å². The first-order chi connectivity index (χ1) is 10.9. The Balaban J connectivity index is 2.72. The topological polar surface area (TPSA) is 123 Å². The maximum absolute atomic E-state index is 11.4. The van der Waals surface area contributed by atoms with E-state index in [0.29, 0.717) is 11.3 Å². The van der Waals surface area contributed by atoms with Gasteiger partial charge in [0.1, 0.15) is 5.75 Å². The van der Waals surface area contributed by atoms with Crippen LogP contribution < -0.4 is 21.2 Å². The SMILES string of the molecule is C=CCNC(=O)C(=O)N/N=C\c1cc(Br)ccc1OCC(N)=O. The maximum Gasteiger partial charge on any atom is 0.329 e. The fraction of sp³-hybridized carbons (Fsp3) is 0.143. The second kappa shape index (κ2) is 9.36. The molecule has 0 radical (unpaired) electrons. The van der Waals surface area contributed by atoms with Crippen molar-refractivity contribution in [1.82, 2.24) is 10.7 Å². The average Bonchev–Trinajstić information content (AvgIpc) is 2.51. The molecule has 1 aromatic rings. The Morgan fingerprint density at radius 1 is 1.35 bits per heavy atom. The van der Waals surface area contributed by atoms with Crippen LogP contribution in [0, 0.1) is 0 Å². The minimum Gasteiger partial charge on any atom is -0.483 e. The highest BCUT2D eigenvalue weighted by Crippen LogP contribution is 2.21. The van der Waals surface area contributed by atoms with E-state index in [-0.39, 0.29) is 13.2 Å². The van der Waals surface area contributed by atoms with Gasteiger partial charge in [-0.15, -0.1) is 6.58 Å². The van der Waals surface area contributed by atoms with Crippen LogP contribution in [0.2, 0.25) is 0 Å². The highest BCUT2D eigenvalue weighted by atomic mass is 79.9. The Kier molecular flexibility index (Phi) is 7.48. The number of benzene rings is 1. The average molecular weight is 383 g/mol. The third kappa shape index (κ3) is 6.74. The first-order valence-electron chi connectivity index (χ1n) is 6.36. The molecule has 1 rings (SSSR count). The zero-order valence-corrected chi connectivity index (χ0v) is 13.6. The second-order valence-corrected chi connectivity index (χ2v) is 5.05. The van der Waals surface area contributed by atoms with Gasteiger partial charge < -0.3 is 15.8 Å². The van der Waals surface area contributed by atoms with Crippen LogP contribution in [0.5, 0.6) is 5.75 Å². The minimum atomic E-state index is -0.919. The van der Waals surface area contributed by atoms with E-state index in [1.165, 1.54) is 12.3 Å². The lowest BCUT2D eigenvalue weighted by atomic mass is 10.2. The molecule has 0 fully saturated rings. The first kappa shape index (κ1) is 18.4. The molecule has 0 atom stereocenters. The number of hydrazone groups is 1. The molecule has 23 heavy (non-hydrogen) atoms. The number of nitrogens with one attached hydrogen (secondary N) is 2. The number of rotatable bonds is 7. The van der Waals surface area contributed by atoms with E-state index < -0.39 is 17.7 Å². The van der Waals surface area contributed by atoms with E-state index in [4.69, 9.17) is 10.5 Å². The lowest BCUT2D eigenvalue weighted by molar-refractivity contribution is -0.139. The van der Waals surface area contributed by atoms with Gasteiger partial charge >= 0.3 is 11.8 Å². The summed E-state index contributed by atoms with van der Waals surface area (Å²) in [5.74, 6) is -2.02. The van der Waals surface area contributed by atoms with Crippen LogP contribution in [0.1, 0.15) is 5.56 Å². The number of hydrogen-bond donors (Lipinski definition) is 3. The zero-order valence-electron chi connectivity index (χ0n) is 12.0. The molecule has 0 saturated carbocycles. The summed E-state index contributed by atoms with van der Waals surface area (Å²) in [6.07, 6.45) is 2.72. The number of amides is 3. The molecule has 122 valence electrons. The minimum absolute atomic E-state index is 0.173. The summed E-state index contributed by atoms with van der Waals surface area (Å²) in [4.78, 5) is 33.5. The van der Waals surface area contributed by atoms with Crippen molar-refractivity contribution in [1.29, 1.82) is 0 Å². The number of hydrogen-bond acceptors (Lipinski definition) is 5. The monoisotopic (exact) mass is 382 g/mol. The van der Waals surface area contributed by atoms with Gasteiger partial charge in [-0.3, -0.25) is 14.4 Å². The number of ether oxygens (including phenoxy) is 1. The highest BCUT2D eigenvalue weighted by Gasteiger charge is 2.11. The molecular weight excluding hydrogens is 368 g/mol. The van der Waals surface area contributed by atoms with Crippen LogP contribution in [-0.4, -0.2) is 37.1 Å². The van der Waals surface area contributed by atoms with Gasteiger partial charge in [0.15, 0.2) is 6.61 Å². The van der Waals surface area contributed by atoms with Crippen molar-refractivity contribution < 1.29 is 19.1 Å². The molecule has 0 bridgehead atoms. The third-order valence-electron chi connectivity index (χ3n) is 2.32. The molecule has 9 heteroatoms. The van der Waals surface area contributed by atoms with Crippen molar-refractivity contribution in [2.24, 2.45) is 10.8 Å². The number of halogens is 1. The quantitative estimate of drug-likeness (QED) is 0.267. The van der Waals surface area contributed by atoms with E-state index in [0.717, 1.165) is 4.47 Å². The molecule has 4 N–H and O–H groups in total. The molecule has 0 aliphatic heterocycles. The van der Waals surface area contributed by atoms with Gasteiger partial charge in [0.2, 0.25) is 0 Å². The number of carbonyl (C=O) groups excluding carboxylic acids is 3. The van der Waals surface area contributed by atoms with Crippen LogP contribution in [0.25, 0.3) is 0 Å². The summed E-state index contributed by atoms with van der Waals surface area (Å²) < 4.78 is 5.96. The summed E-state index contributed by atoms with van der Waals surface area (Å²) in [5, 5.41) is 5.98. The van der Waals surface area contributed by atoms with Crippen molar-refractivity contribution in [3.05, 3.63) is 40.9 Å². The van der Waals surface area contributed by atoms with Crippen LogP contribution in [0.3, 0.4) is 0 Å². The van der Waals surface area contributed by atoms with Gasteiger partial charge in [-0.2, -0.15) is 5.10 Å². The second-order valence-electron chi connectivity index (χ2n) is 4.13. The molecular formula is C14H15BrN4O4. The Bertz CT molecular complexity index is 646. The molecule has 0 unspecified atom stereocenters. The molecule has 3 amide bonds. The van der Waals surface area contributed by atoms with Gasteiger partial charge in [-0.1, -0.05) is 22.0 Å². The molecule has 0 aromatic heterocycles. The third-order valence-corrected chi connectivity index (χ3v) is 2.82. The van der Waals surface area contributed by atoms with Gasteiger partial charge in [0.05, 0.1) is 6.21 Å². The maximum atomic E-state index is 11.4. The van der Waals surface area contributed by atoms with E-state index >= 15 is 0 Å². The molecule has 0 saturated heterocycles. The number of nitrogens with zero attached hydrogens (tertiary/aromatic N) is 1. The molecule has 1 aromatic carbocycles. The Morgan fingerprint density at radius 2 is 2.09 bits per heavy atom. The lowest BCUT2D eigenvalue weighted by Gasteiger charge is -2.07. The van der Waals surface area contributed by atoms with Crippen LogP contribution in [0.15, 0.2) is 40.4 Å². The number of carbonyl (C=O) groups is 3. The van der Waals surface area contributed by atoms with Crippen LogP contribution in [0.4, 0.5) is 0 Å². The van der Waals surface area contributed by atoms with E-state index in [2.05, 4.69) is 38.4 Å². The molecule has 0 aliphatic carbocycles. The van der Waals surface area contributed by atoms with Crippen molar-refractivity contribution >= 4 is 39.9 Å².